The predicted molar refractivity (Wildman–Crippen MR) is 148 cm³/mol. The molecule has 0 aromatic heterocycles. The first-order valence-electron chi connectivity index (χ1n) is 12.2. The number of rotatable bonds is 10. The number of carbonyl (C=O) groups is 3. The Balaban J connectivity index is 1.64. The molecule has 38 heavy (non-hydrogen) atoms. The highest BCUT2D eigenvalue weighted by Crippen LogP contribution is 2.29. The van der Waals surface area contributed by atoms with Crippen LogP contribution < -0.4 is 5.32 Å². The number of hydrogen-bond donors (Lipinski definition) is 2. The molecule has 0 saturated carbocycles. The number of carbonyl (C=O) groups excluding carboxylic acids is 2. The highest BCUT2D eigenvalue weighted by Gasteiger charge is 2.23. The van der Waals surface area contributed by atoms with E-state index in [9.17, 15) is 19.5 Å². The van der Waals surface area contributed by atoms with E-state index in [0.717, 1.165) is 11.1 Å². The van der Waals surface area contributed by atoms with Crippen LogP contribution in [0.1, 0.15) is 38.3 Å². The minimum atomic E-state index is -0.982. The van der Waals surface area contributed by atoms with E-state index >= 15 is 0 Å². The molecule has 6 nitrogen and oxygen atoms in total. The summed E-state index contributed by atoms with van der Waals surface area (Å²) in [6, 6.07) is 30.9. The number of carboxylic acid groups (broad SMARTS) is 1. The highest BCUT2D eigenvalue weighted by molar-refractivity contribution is 6.31. The van der Waals surface area contributed by atoms with Gasteiger partial charge in [-0.2, -0.15) is 0 Å². The van der Waals surface area contributed by atoms with Crippen LogP contribution in [0.25, 0.3) is 11.1 Å². The third-order valence-corrected chi connectivity index (χ3v) is 6.48. The predicted octanol–water partition coefficient (Wildman–Crippen LogP) is 6.05. The zero-order valence-electron chi connectivity index (χ0n) is 20.6. The van der Waals surface area contributed by atoms with Gasteiger partial charge in [0.15, 0.2) is 0 Å². The van der Waals surface area contributed by atoms with Gasteiger partial charge in [-0.3, -0.25) is 14.4 Å². The molecule has 0 aliphatic heterocycles. The fraction of sp³-hybridized carbons (Fsp3) is 0.129. The average Bonchev–Trinajstić information content (AvgIpc) is 2.94. The van der Waals surface area contributed by atoms with Gasteiger partial charge in [-0.15, -0.1) is 0 Å². The number of carboxylic acids is 1. The van der Waals surface area contributed by atoms with Crippen molar-refractivity contribution in [1.82, 2.24) is 10.2 Å². The van der Waals surface area contributed by atoms with Crippen molar-refractivity contribution in [2.45, 2.75) is 19.5 Å². The smallest absolute Gasteiger partial charge is 0.305 e. The molecular weight excluding hydrogens is 500 g/mol. The lowest BCUT2D eigenvalue weighted by Gasteiger charge is -2.24. The Kier molecular flexibility index (Phi) is 8.90. The molecule has 4 aromatic carbocycles. The van der Waals surface area contributed by atoms with Gasteiger partial charge in [-0.05, 0) is 40.5 Å². The topological polar surface area (TPSA) is 86.7 Å². The Morgan fingerprint density at radius 3 is 2.00 bits per heavy atom. The van der Waals surface area contributed by atoms with Crippen molar-refractivity contribution in [3.63, 3.8) is 0 Å². The molecule has 0 unspecified atom stereocenters. The maximum absolute atomic E-state index is 13.8. The normalized spacial score (nSPS) is 10.6. The highest BCUT2D eigenvalue weighted by atomic mass is 35.5. The largest absolute Gasteiger partial charge is 0.481 e. The van der Waals surface area contributed by atoms with Crippen molar-refractivity contribution >= 4 is 29.4 Å². The molecule has 192 valence electrons. The van der Waals surface area contributed by atoms with Crippen LogP contribution in [0.2, 0.25) is 5.02 Å². The molecule has 0 aliphatic carbocycles. The second-order valence-corrected chi connectivity index (χ2v) is 9.13. The minimum absolute atomic E-state index is 0.0529. The molecule has 0 spiro atoms. The van der Waals surface area contributed by atoms with Crippen LogP contribution in [0.5, 0.6) is 0 Å². The Morgan fingerprint density at radius 1 is 0.737 bits per heavy atom. The number of hydrogen-bond acceptors (Lipinski definition) is 3. The summed E-state index contributed by atoms with van der Waals surface area (Å²) in [6.45, 7) is 0.575. The number of nitrogens with zero attached hydrogens (tertiary/aromatic N) is 1. The Bertz CT molecular complexity index is 1440. The van der Waals surface area contributed by atoms with Gasteiger partial charge in [-0.25, -0.2) is 0 Å². The van der Waals surface area contributed by atoms with Crippen LogP contribution in [0.4, 0.5) is 0 Å². The second-order valence-electron chi connectivity index (χ2n) is 8.72. The van der Waals surface area contributed by atoms with Crippen LogP contribution in [0.15, 0.2) is 103 Å². The average molecular weight is 527 g/mol. The summed E-state index contributed by atoms with van der Waals surface area (Å²) in [5.74, 6) is -1.59. The monoisotopic (exact) mass is 526 g/mol. The van der Waals surface area contributed by atoms with Crippen LogP contribution in [-0.4, -0.2) is 34.3 Å². The fourth-order valence-corrected chi connectivity index (χ4v) is 4.39. The molecule has 0 radical (unpaired) electrons. The second kappa shape index (κ2) is 12.7. The van der Waals surface area contributed by atoms with Crippen molar-refractivity contribution in [3.8, 4) is 11.1 Å². The zero-order valence-corrected chi connectivity index (χ0v) is 21.4. The van der Waals surface area contributed by atoms with Crippen LogP contribution in [0, 0.1) is 0 Å². The summed E-state index contributed by atoms with van der Waals surface area (Å²) in [5, 5.41) is 12.8. The maximum Gasteiger partial charge on any atom is 0.305 e. The van der Waals surface area contributed by atoms with Crippen LogP contribution >= 0.6 is 11.6 Å². The molecule has 0 heterocycles. The third-order valence-electron chi connectivity index (χ3n) is 6.12. The summed E-state index contributed by atoms with van der Waals surface area (Å²) < 4.78 is 0. The third kappa shape index (κ3) is 6.66. The van der Waals surface area contributed by atoms with Gasteiger partial charge >= 0.3 is 5.97 Å². The molecule has 0 bridgehead atoms. The minimum Gasteiger partial charge on any atom is -0.481 e. The quantitative estimate of drug-likeness (QED) is 0.263. The SMILES string of the molecule is O=C(O)CCN(Cc1ccccc1)C(=O)c1ccccc1-c1ccccc1C(=O)NCc1ccccc1Cl. The van der Waals surface area contributed by atoms with E-state index in [2.05, 4.69) is 5.32 Å². The standard InChI is InChI=1S/C31H27ClN2O4/c32-28-17-9-4-12-23(28)20-33-30(37)26-15-7-5-13-24(26)25-14-6-8-16-27(25)31(38)34(19-18-29(35)36)21-22-10-2-1-3-11-22/h1-17H,18-21H2,(H,33,37)(H,35,36). The van der Waals surface area contributed by atoms with Gasteiger partial charge in [0.2, 0.25) is 0 Å². The molecule has 2 N–H and O–H groups in total. The van der Waals surface area contributed by atoms with E-state index in [1.54, 1.807) is 42.5 Å². The van der Waals surface area contributed by atoms with Gasteiger partial charge in [0, 0.05) is 35.8 Å². The van der Waals surface area contributed by atoms with Gasteiger partial charge in [0.05, 0.1) is 6.42 Å². The lowest BCUT2D eigenvalue weighted by Crippen LogP contribution is -2.33. The van der Waals surface area contributed by atoms with Crippen LogP contribution in [0.3, 0.4) is 0 Å². The molecule has 4 aromatic rings. The molecule has 0 aliphatic rings. The number of benzene rings is 4. The zero-order chi connectivity index (χ0) is 26.9. The molecule has 0 saturated heterocycles. The van der Waals surface area contributed by atoms with Crippen molar-refractivity contribution in [2.24, 2.45) is 0 Å². The number of aliphatic carboxylic acids is 1. The Labute approximate surface area is 226 Å². The van der Waals surface area contributed by atoms with Crippen molar-refractivity contribution in [2.75, 3.05) is 6.54 Å². The Hall–Kier alpha value is -4.42. The van der Waals surface area contributed by atoms with Gasteiger partial charge in [0.1, 0.15) is 0 Å². The van der Waals surface area contributed by atoms with Crippen LogP contribution in [-0.2, 0) is 17.9 Å². The van der Waals surface area contributed by atoms with E-state index in [4.69, 9.17) is 11.6 Å². The Morgan fingerprint density at radius 2 is 1.32 bits per heavy atom. The molecule has 0 fully saturated rings. The molecule has 0 atom stereocenters. The first-order chi connectivity index (χ1) is 18.4. The van der Waals surface area contributed by atoms with Crippen molar-refractivity contribution in [3.05, 3.63) is 130 Å². The summed E-state index contributed by atoms with van der Waals surface area (Å²) >= 11 is 6.24. The lowest BCUT2D eigenvalue weighted by molar-refractivity contribution is -0.137. The first kappa shape index (κ1) is 26.6. The lowest BCUT2D eigenvalue weighted by atomic mass is 9.94. The summed E-state index contributed by atoms with van der Waals surface area (Å²) in [4.78, 5) is 39.9. The van der Waals surface area contributed by atoms with E-state index < -0.39 is 5.97 Å². The van der Waals surface area contributed by atoms with E-state index in [1.165, 1.54) is 4.90 Å². The molecule has 4 rings (SSSR count). The van der Waals surface area contributed by atoms with E-state index in [1.807, 2.05) is 60.7 Å². The van der Waals surface area contributed by atoms with Gasteiger partial charge < -0.3 is 15.3 Å². The number of nitrogens with one attached hydrogen (secondary N) is 1. The molecule has 7 heteroatoms. The first-order valence-corrected chi connectivity index (χ1v) is 12.6. The van der Waals surface area contributed by atoms with E-state index in [0.29, 0.717) is 27.3 Å². The summed E-state index contributed by atoms with van der Waals surface area (Å²) in [6.07, 6.45) is -0.179. The van der Waals surface area contributed by atoms with Crippen molar-refractivity contribution in [1.29, 1.82) is 0 Å². The molecule has 2 amide bonds. The van der Waals surface area contributed by atoms with Gasteiger partial charge in [-0.1, -0.05) is 96.5 Å². The number of amides is 2. The summed E-state index contributed by atoms with van der Waals surface area (Å²) in [7, 11) is 0. The number of halogens is 1. The van der Waals surface area contributed by atoms with E-state index in [-0.39, 0.29) is 37.9 Å². The summed E-state index contributed by atoms with van der Waals surface area (Å²) in [5.41, 5.74) is 3.69. The maximum atomic E-state index is 13.8. The van der Waals surface area contributed by atoms with Crippen molar-refractivity contribution < 1.29 is 19.5 Å². The fourth-order valence-electron chi connectivity index (χ4n) is 4.19. The molecular formula is C31H27ClN2O4. The van der Waals surface area contributed by atoms with Gasteiger partial charge in [0.25, 0.3) is 11.8 Å².